The van der Waals surface area contributed by atoms with Gasteiger partial charge in [0.05, 0.1) is 24.6 Å². The molecule has 1 saturated heterocycles. The zero-order valence-electron chi connectivity index (χ0n) is 9.79. The van der Waals surface area contributed by atoms with Crippen molar-refractivity contribution < 1.29 is 28.9 Å². The molecule has 0 aromatic rings. The normalized spacial score (nSPS) is 32.2. The van der Waals surface area contributed by atoms with Crippen LogP contribution < -0.4 is 0 Å². The molecule has 17 heavy (non-hydrogen) atoms. The first-order chi connectivity index (χ1) is 7.95. The van der Waals surface area contributed by atoms with E-state index in [1.165, 1.54) is 13.8 Å². The minimum absolute atomic E-state index is 0.00773. The number of carbonyl (C=O) groups is 2. The number of aliphatic hydroxyl groups is 1. The van der Waals surface area contributed by atoms with Gasteiger partial charge in [0.2, 0.25) is 0 Å². The molecule has 1 aliphatic heterocycles. The molecule has 1 N–H and O–H groups in total. The van der Waals surface area contributed by atoms with E-state index in [4.69, 9.17) is 27.2 Å². The molecule has 0 amide bonds. The Balaban J connectivity index is 2.68. The number of rotatable bonds is 4. The third-order valence-electron chi connectivity index (χ3n) is 2.52. The minimum Gasteiger partial charge on any atom is -0.465 e. The maximum absolute atomic E-state index is 10.9. The van der Waals surface area contributed by atoms with Gasteiger partial charge < -0.3 is 19.3 Å². The molecule has 4 atom stereocenters. The molecule has 1 rings (SSSR count). The molecule has 1 heterocycles. The minimum atomic E-state index is -0.823. The van der Waals surface area contributed by atoms with Gasteiger partial charge in [0, 0.05) is 13.8 Å². The Morgan fingerprint density at radius 2 is 2.00 bits per heavy atom. The summed E-state index contributed by atoms with van der Waals surface area (Å²) < 4.78 is 15.1. The number of ether oxygens (including phenoxy) is 3. The van der Waals surface area contributed by atoms with Crippen molar-refractivity contribution in [1.82, 2.24) is 0 Å². The van der Waals surface area contributed by atoms with Gasteiger partial charge in [-0.25, -0.2) is 0 Å². The first kappa shape index (κ1) is 14.0. The maximum atomic E-state index is 10.9. The molecule has 0 spiro atoms. The molecule has 0 aromatic heterocycles. The van der Waals surface area contributed by atoms with Crippen molar-refractivity contribution >= 4 is 19.8 Å². The van der Waals surface area contributed by atoms with Crippen molar-refractivity contribution in [1.29, 1.82) is 0 Å². The second-order valence-electron chi connectivity index (χ2n) is 3.86. The summed E-state index contributed by atoms with van der Waals surface area (Å²) in [7, 11) is 5.64. The zero-order valence-corrected chi connectivity index (χ0v) is 9.79. The van der Waals surface area contributed by atoms with Crippen molar-refractivity contribution in [3.8, 4) is 0 Å². The van der Waals surface area contributed by atoms with Gasteiger partial charge >= 0.3 is 11.9 Å². The van der Waals surface area contributed by atoms with Crippen LogP contribution in [0.2, 0.25) is 0 Å². The van der Waals surface area contributed by atoms with E-state index in [1.807, 2.05) is 0 Å². The molecule has 94 valence electrons. The summed E-state index contributed by atoms with van der Waals surface area (Å²) in [4.78, 5) is 21.7. The summed E-state index contributed by atoms with van der Waals surface area (Å²) >= 11 is 0. The summed E-state index contributed by atoms with van der Waals surface area (Å²) in [6, 6.07) is -0.823. The Kier molecular flexibility index (Phi) is 4.95. The Morgan fingerprint density at radius 3 is 2.47 bits per heavy atom. The summed E-state index contributed by atoms with van der Waals surface area (Å²) in [6.45, 7) is 2.23. The molecule has 1 aliphatic rings. The fraction of sp³-hybridized carbons (Fsp3) is 0.800. The lowest BCUT2D eigenvalue weighted by atomic mass is 9.88. The highest BCUT2D eigenvalue weighted by atomic mass is 16.6. The lowest BCUT2D eigenvalue weighted by molar-refractivity contribution is -0.151. The van der Waals surface area contributed by atoms with Crippen molar-refractivity contribution in [3.63, 3.8) is 0 Å². The first-order valence-electron chi connectivity index (χ1n) is 5.28. The van der Waals surface area contributed by atoms with Crippen LogP contribution in [0.5, 0.6) is 0 Å². The van der Waals surface area contributed by atoms with Crippen molar-refractivity contribution in [2.45, 2.75) is 32.1 Å². The quantitative estimate of drug-likeness (QED) is 0.502. The van der Waals surface area contributed by atoms with Crippen LogP contribution in [0.4, 0.5) is 0 Å². The average Bonchev–Trinajstić information content (AvgIpc) is 2.52. The average molecular weight is 242 g/mol. The molecule has 0 saturated carbocycles. The van der Waals surface area contributed by atoms with E-state index in [9.17, 15) is 9.59 Å². The highest BCUT2D eigenvalue weighted by molar-refractivity contribution is 6.11. The van der Waals surface area contributed by atoms with Crippen molar-refractivity contribution in [3.05, 3.63) is 0 Å². The van der Waals surface area contributed by atoms with Gasteiger partial charge in [-0.1, -0.05) is 0 Å². The molecule has 7 heteroatoms. The van der Waals surface area contributed by atoms with Gasteiger partial charge in [0.1, 0.15) is 20.6 Å². The monoisotopic (exact) mass is 242 g/mol. The molecule has 0 aromatic carbocycles. The summed E-state index contributed by atoms with van der Waals surface area (Å²) in [5.74, 6) is -1.41. The largest absolute Gasteiger partial charge is 0.465 e. The third-order valence-corrected chi connectivity index (χ3v) is 2.52. The highest BCUT2D eigenvalue weighted by Crippen LogP contribution is 2.28. The molecule has 0 bridgehead atoms. The topological polar surface area (TPSA) is 82.1 Å². The van der Waals surface area contributed by atoms with E-state index in [2.05, 4.69) is 0 Å². The van der Waals surface area contributed by atoms with E-state index in [1.54, 1.807) is 0 Å². The molecule has 1 fully saturated rings. The third kappa shape index (κ3) is 3.71. The molecule has 2 radical (unpaired) electrons. The van der Waals surface area contributed by atoms with E-state index in [0.717, 1.165) is 0 Å². The van der Waals surface area contributed by atoms with E-state index in [-0.39, 0.29) is 13.2 Å². The first-order valence-corrected chi connectivity index (χ1v) is 5.28. The van der Waals surface area contributed by atoms with Crippen LogP contribution in [0.25, 0.3) is 0 Å². The highest BCUT2D eigenvalue weighted by Gasteiger charge is 2.44. The van der Waals surface area contributed by atoms with E-state index in [0.29, 0.717) is 0 Å². The molecular formula is C10H15BO6. The Hall–Kier alpha value is -1.08. The fourth-order valence-electron chi connectivity index (χ4n) is 1.78. The van der Waals surface area contributed by atoms with Crippen LogP contribution in [0, 0.1) is 5.92 Å². The molecule has 6 nitrogen and oxygen atoms in total. The Labute approximate surface area is 101 Å². The Morgan fingerprint density at radius 1 is 1.35 bits per heavy atom. The van der Waals surface area contributed by atoms with Gasteiger partial charge in [0.25, 0.3) is 0 Å². The summed E-state index contributed by atoms with van der Waals surface area (Å²) in [5.41, 5.74) is 0. The van der Waals surface area contributed by atoms with Gasteiger partial charge in [-0.3, -0.25) is 9.59 Å². The molecular weight excluding hydrogens is 227 g/mol. The second-order valence-corrected chi connectivity index (χ2v) is 3.86. The van der Waals surface area contributed by atoms with Gasteiger partial charge in [-0.2, -0.15) is 0 Å². The predicted molar refractivity (Wildman–Crippen MR) is 57.2 cm³/mol. The van der Waals surface area contributed by atoms with Crippen LogP contribution in [0.15, 0.2) is 0 Å². The van der Waals surface area contributed by atoms with Crippen LogP contribution >= 0.6 is 0 Å². The second kappa shape index (κ2) is 6.02. The number of aliphatic hydroxyl groups excluding tert-OH is 1. The van der Waals surface area contributed by atoms with Crippen LogP contribution in [-0.4, -0.2) is 56.3 Å². The van der Waals surface area contributed by atoms with Crippen LogP contribution in [0.1, 0.15) is 13.8 Å². The smallest absolute Gasteiger partial charge is 0.302 e. The molecule has 0 aliphatic carbocycles. The lowest BCUT2D eigenvalue weighted by Gasteiger charge is -2.22. The number of esters is 2. The van der Waals surface area contributed by atoms with Gasteiger partial charge in [-0.05, 0) is 0 Å². The van der Waals surface area contributed by atoms with Crippen molar-refractivity contribution in [2.24, 2.45) is 5.92 Å². The zero-order chi connectivity index (χ0) is 13.0. The van der Waals surface area contributed by atoms with E-state index >= 15 is 0 Å². The summed E-state index contributed by atoms with van der Waals surface area (Å²) in [5, 5.41) is 9.11. The fourth-order valence-corrected chi connectivity index (χ4v) is 1.78. The maximum Gasteiger partial charge on any atom is 0.302 e. The van der Waals surface area contributed by atoms with Crippen molar-refractivity contribution in [2.75, 3.05) is 13.2 Å². The standard InChI is InChI=1S/C10H15BO6/c1-5(13)15-4-7-8(3-12)17-10(11)9(7)16-6(2)14/h7-10,12H,3-4H2,1-2H3/t7-,8-,9-,10-/m1/s1. The van der Waals surface area contributed by atoms with Crippen LogP contribution in [0.3, 0.4) is 0 Å². The number of hydrogen-bond donors (Lipinski definition) is 1. The summed E-state index contributed by atoms with van der Waals surface area (Å²) in [6.07, 6.45) is -1.32. The van der Waals surface area contributed by atoms with Gasteiger partial charge in [-0.15, -0.1) is 0 Å². The van der Waals surface area contributed by atoms with Gasteiger partial charge in [0.15, 0.2) is 0 Å². The lowest BCUT2D eigenvalue weighted by Crippen LogP contribution is -2.36. The number of hydrogen-bond acceptors (Lipinski definition) is 6. The van der Waals surface area contributed by atoms with E-state index < -0.39 is 36.1 Å². The van der Waals surface area contributed by atoms with Crippen LogP contribution in [-0.2, 0) is 23.8 Å². The predicted octanol–water partition coefficient (Wildman–Crippen LogP) is -1.02. The Bertz CT molecular complexity index is 295. The molecule has 0 unspecified atom stereocenters. The SMILES string of the molecule is [B][C@@H]1O[C@H](CO)[C@@H](COC(C)=O)[C@H]1OC(C)=O. The number of carbonyl (C=O) groups excluding carboxylic acids is 2.